The Balaban J connectivity index is 3.10. The Labute approximate surface area is 115 Å². The molecule has 0 bridgehead atoms. The molecule has 0 aromatic rings. The standard InChI is InChI=1S/C12H16N2O4S/c1-12(2,3)13-8(5-6-10(16)18-4)14-9(15)7-19-11(14)17/h5-6H,7H2,1-4H3/b6-5+,13-8?. The van der Waals surface area contributed by atoms with Crippen LogP contribution in [0.3, 0.4) is 0 Å². The SMILES string of the molecule is COC(=O)/C=C/C(=NC(C)(C)C)N1C(=O)CSC1=O. The summed E-state index contributed by atoms with van der Waals surface area (Å²) in [5.74, 6) is -0.674. The summed E-state index contributed by atoms with van der Waals surface area (Å²) in [5, 5.41) is -0.387. The minimum absolute atomic E-state index is 0.0913. The number of rotatable bonds is 2. The van der Waals surface area contributed by atoms with Gasteiger partial charge in [0.15, 0.2) is 0 Å². The van der Waals surface area contributed by atoms with Gasteiger partial charge in [0.25, 0.3) is 5.24 Å². The molecule has 1 rings (SSSR count). The van der Waals surface area contributed by atoms with Gasteiger partial charge in [-0.25, -0.2) is 9.69 Å². The summed E-state index contributed by atoms with van der Waals surface area (Å²) in [6.45, 7) is 5.49. The number of hydrogen-bond acceptors (Lipinski definition) is 6. The fourth-order valence-corrected chi connectivity index (χ4v) is 1.99. The smallest absolute Gasteiger partial charge is 0.330 e. The number of carbonyl (C=O) groups is 3. The van der Waals surface area contributed by atoms with Gasteiger partial charge in [-0.1, -0.05) is 11.8 Å². The highest BCUT2D eigenvalue weighted by atomic mass is 32.2. The van der Waals surface area contributed by atoms with Gasteiger partial charge in [-0.05, 0) is 26.8 Å². The van der Waals surface area contributed by atoms with Crippen molar-refractivity contribution in [2.75, 3.05) is 12.9 Å². The summed E-state index contributed by atoms with van der Waals surface area (Å²) in [5.41, 5.74) is -0.483. The van der Waals surface area contributed by atoms with E-state index in [1.807, 2.05) is 20.8 Å². The van der Waals surface area contributed by atoms with Crippen LogP contribution in [0, 0.1) is 0 Å². The van der Waals surface area contributed by atoms with E-state index in [0.717, 1.165) is 22.7 Å². The van der Waals surface area contributed by atoms with E-state index in [9.17, 15) is 14.4 Å². The first kappa shape index (κ1) is 15.4. The molecule has 0 aromatic carbocycles. The predicted molar refractivity (Wildman–Crippen MR) is 73.0 cm³/mol. The maximum atomic E-state index is 11.7. The molecule has 6 nitrogen and oxygen atoms in total. The van der Waals surface area contributed by atoms with Crippen molar-refractivity contribution < 1.29 is 19.1 Å². The molecule has 1 aliphatic heterocycles. The molecule has 0 aliphatic carbocycles. The van der Waals surface area contributed by atoms with E-state index in [1.54, 1.807) is 0 Å². The van der Waals surface area contributed by atoms with E-state index in [2.05, 4.69) is 9.73 Å². The minimum Gasteiger partial charge on any atom is -0.466 e. The third kappa shape index (κ3) is 4.51. The zero-order valence-corrected chi connectivity index (χ0v) is 12.1. The number of aliphatic imine (C=N–C) groups is 1. The van der Waals surface area contributed by atoms with Gasteiger partial charge in [-0.2, -0.15) is 0 Å². The summed E-state index contributed by atoms with van der Waals surface area (Å²) in [4.78, 5) is 39.7. The Hall–Kier alpha value is -1.63. The molecule has 104 valence electrons. The maximum Gasteiger partial charge on any atom is 0.330 e. The van der Waals surface area contributed by atoms with Crippen LogP contribution in [-0.4, -0.2) is 46.3 Å². The molecule has 0 atom stereocenters. The average Bonchev–Trinajstić information content (AvgIpc) is 2.62. The Bertz CT molecular complexity index is 447. The number of thioether (sulfide) groups is 1. The van der Waals surface area contributed by atoms with Crippen LogP contribution in [0.5, 0.6) is 0 Å². The fraction of sp³-hybridized carbons (Fsp3) is 0.500. The first-order valence-electron chi connectivity index (χ1n) is 5.60. The average molecular weight is 284 g/mol. The van der Waals surface area contributed by atoms with E-state index in [4.69, 9.17) is 0 Å². The number of ether oxygens (including phenoxy) is 1. The zero-order chi connectivity index (χ0) is 14.6. The Kier molecular flexibility index (Phi) is 4.88. The monoisotopic (exact) mass is 284 g/mol. The molecule has 2 amide bonds. The van der Waals surface area contributed by atoms with Crippen molar-refractivity contribution in [1.82, 2.24) is 4.90 Å². The molecule has 0 unspecified atom stereocenters. The quantitative estimate of drug-likeness (QED) is 0.333. The first-order valence-corrected chi connectivity index (χ1v) is 6.59. The lowest BCUT2D eigenvalue weighted by Gasteiger charge is -2.19. The largest absolute Gasteiger partial charge is 0.466 e. The van der Waals surface area contributed by atoms with Crippen molar-refractivity contribution in [3.63, 3.8) is 0 Å². The van der Waals surface area contributed by atoms with Gasteiger partial charge < -0.3 is 4.74 Å². The number of imide groups is 1. The zero-order valence-electron chi connectivity index (χ0n) is 11.3. The molecule has 19 heavy (non-hydrogen) atoms. The Morgan fingerprint density at radius 3 is 2.42 bits per heavy atom. The normalized spacial score (nSPS) is 17.5. The lowest BCUT2D eigenvalue weighted by atomic mass is 10.1. The second-order valence-corrected chi connectivity index (χ2v) is 5.71. The van der Waals surface area contributed by atoms with Gasteiger partial charge in [-0.15, -0.1) is 0 Å². The van der Waals surface area contributed by atoms with Gasteiger partial charge in [-0.3, -0.25) is 14.6 Å². The lowest BCUT2D eigenvalue weighted by Crippen LogP contribution is -2.36. The highest BCUT2D eigenvalue weighted by Gasteiger charge is 2.33. The van der Waals surface area contributed by atoms with Crippen LogP contribution in [0.4, 0.5) is 4.79 Å². The molecule has 1 aliphatic rings. The van der Waals surface area contributed by atoms with Crippen LogP contribution in [0.1, 0.15) is 20.8 Å². The molecule has 0 N–H and O–H groups in total. The number of carbonyl (C=O) groups excluding carboxylic acids is 3. The second kappa shape index (κ2) is 6.01. The molecule has 7 heteroatoms. The fourth-order valence-electron chi connectivity index (χ4n) is 1.29. The van der Waals surface area contributed by atoms with Crippen LogP contribution in [0.25, 0.3) is 0 Å². The predicted octanol–water partition coefficient (Wildman–Crippen LogP) is 1.61. The van der Waals surface area contributed by atoms with E-state index in [0.29, 0.717) is 0 Å². The van der Waals surface area contributed by atoms with Gasteiger partial charge in [0.2, 0.25) is 5.91 Å². The minimum atomic E-state index is -0.576. The number of hydrogen-bond donors (Lipinski definition) is 0. The summed E-state index contributed by atoms with van der Waals surface area (Å²) >= 11 is 0.914. The van der Waals surface area contributed by atoms with Crippen molar-refractivity contribution in [3.8, 4) is 0 Å². The van der Waals surface area contributed by atoms with Crippen molar-refractivity contribution in [2.45, 2.75) is 26.3 Å². The third-order valence-electron chi connectivity index (χ3n) is 2.00. The highest BCUT2D eigenvalue weighted by molar-refractivity contribution is 8.14. The molecule has 0 radical (unpaired) electrons. The van der Waals surface area contributed by atoms with E-state index in [-0.39, 0.29) is 22.7 Å². The van der Waals surface area contributed by atoms with Crippen LogP contribution >= 0.6 is 11.8 Å². The van der Waals surface area contributed by atoms with Gasteiger partial charge in [0, 0.05) is 6.08 Å². The molecule has 0 saturated carbocycles. The van der Waals surface area contributed by atoms with Crippen LogP contribution in [-0.2, 0) is 14.3 Å². The topological polar surface area (TPSA) is 76.0 Å². The highest BCUT2D eigenvalue weighted by Crippen LogP contribution is 2.21. The van der Waals surface area contributed by atoms with Crippen molar-refractivity contribution in [1.29, 1.82) is 0 Å². The number of nitrogens with zero attached hydrogens (tertiary/aromatic N) is 2. The molecule has 1 fully saturated rings. The van der Waals surface area contributed by atoms with Crippen LogP contribution in [0.15, 0.2) is 17.1 Å². The molecular weight excluding hydrogens is 268 g/mol. The molecular formula is C12H16N2O4S. The molecule has 0 spiro atoms. The Morgan fingerprint density at radius 2 is 2.00 bits per heavy atom. The molecule has 1 saturated heterocycles. The lowest BCUT2D eigenvalue weighted by molar-refractivity contribution is -0.134. The molecule has 1 heterocycles. The number of esters is 1. The maximum absolute atomic E-state index is 11.7. The Morgan fingerprint density at radius 1 is 1.37 bits per heavy atom. The summed E-state index contributed by atoms with van der Waals surface area (Å²) in [6, 6.07) is 0. The van der Waals surface area contributed by atoms with Gasteiger partial charge in [0.1, 0.15) is 5.84 Å². The van der Waals surface area contributed by atoms with Gasteiger partial charge >= 0.3 is 5.97 Å². The van der Waals surface area contributed by atoms with Crippen molar-refractivity contribution >= 4 is 34.7 Å². The number of amidine groups is 1. The van der Waals surface area contributed by atoms with E-state index in [1.165, 1.54) is 13.2 Å². The van der Waals surface area contributed by atoms with E-state index < -0.39 is 11.5 Å². The number of amides is 2. The van der Waals surface area contributed by atoms with Crippen LogP contribution < -0.4 is 0 Å². The molecule has 0 aromatic heterocycles. The number of methoxy groups -OCH3 is 1. The second-order valence-electron chi connectivity index (χ2n) is 4.78. The van der Waals surface area contributed by atoms with E-state index >= 15 is 0 Å². The van der Waals surface area contributed by atoms with Crippen molar-refractivity contribution in [2.24, 2.45) is 4.99 Å². The first-order chi connectivity index (χ1) is 8.74. The third-order valence-corrected chi connectivity index (χ3v) is 2.82. The van der Waals surface area contributed by atoms with Crippen LogP contribution in [0.2, 0.25) is 0 Å². The summed E-state index contributed by atoms with van der Waals surface area (Å²) < 4.78 is 4.47. The summed E-state index contributed by atoms with van der Waals surface area (Å²) in [7, 11) is 1.25. The summed E-state index contributed by atoms with van der Waals surface area (Å²) in [6.07, 6.45) is 2.45. The van der Waals surface area contributed by atoms with Crippen molar-refractivity contribution in [3.05, 3.63) is 12.2 Å². The van der Waals surface area contributed by atoms with Gasteiger partial charge in [0.05, 0.1) is 18.4 Å².